The smallest absolute Gasteiger partial charge is 0.310 e. The average molecular weight is 432 g/mol. The molecule has 3 rings (SSSR count). The largest absolute Gasteiger partial charge is 0.427 e. The summed E-state index contributed by atoms with van der Waals surface area (Å²) in [7, 11) is -3.40. The predicted molar refractivity (Wildman–Crippen MR) is 116 cm³/mol. The van der Waals surface area contributed by atoms with Crippen LogP contribution >= 0.6 is 0 Å². The Labute approximate surface area is 178 Å². The quantitative estimate of drug-likeness (QED) is 0.468. The monoisotopic (exact) mass is 431 g/mol. The van der Waals surface area contributed by atoms with Crippen molar-refractivity contribution in [3.05, 3.63) is 59.4 Å². The zero-order valence-electron chi connectivity index (χ0n) is 17.3. The highest BCUT2D eigenvalue weighted by Crippen LogP contribution is 2.21. The van der Waals surface area contributed by atoms with E-state index < -0.39 is 15.4 Å². The molecule has 30 heavy (non-hydrogen) atoms. The van der Waals surface area contributed by atoms with E-state index in [1.54, 1.807) is 25.4 Å². The summed E-state index contributed by atoms with van der Waals surface area (Å²) < 4.78 is 33.1. The fraction of sp³-hybridized carbons (Fsp3) is 0.455. The summed E-state index contributed by atoms with van der Waals surface area (Å²) >= 11 is 0. The van der Waals surface area contributed by atoms with Crippen molar-refractivity contribution in [2.24, 2.45) is 0 Å². The number of esters is 1. The number of hydrogen-bond donors (Lipinski definition) is 2. The van der Waals surface area contributed by atoms with Gasteiger partial charge in [0.05, 0.1) is 0 Å². The lowest BCUT2D eigenvalue weighted by Crippen LogP contribution is -2.46. The number of pyridine rings is 1. The van der Waals surface area contributed by atoms with Crippen LogP contribution in [0.3, 0.4) is 0 Å². The summed E-state index contributed by atoms with van der Waals surface area (Å²) in [6.07, 6.45) is 7.52. The molecule has 0 amide bonds. The normalized spacial score (nSPS) is 16.9. The molecule has 1 aromatic heterocycles. The van der Waals surface area contributed by atoms with Crippen LogP contribution in [0.4, 0.5) is 0 Å². The van der Waals surface area contributed by atoms with Crippen molar-refractivity contribution in [3.63, 3.8) is 0 Å². The van der Waals surface area contributed by atoms with Gasteiger partial charge < -0.3 is 10.1 Å². The number of rotatable bonds is 9. The van der Waals surface area contributed by atoms with Gasteiger partial charge in [-0.05, 0) is 73.5 Å². The molecular formula is C22H29N3O4S. The molecule has 1 unspecified atom stereocenters. The molecular weight excluding hydrogens is 402 g/mol. The number of piperidine rings is 1. The summed E-state index contributed by atoms with van der Waals surface area (Å²) in [5.41, 5.74) is 2.94. The van der Waals surface area contributed by atoms with Crippen LogP contribution in [0.1, 0.15) is 49.3 Å². The zero-order chi connectivity index (χ0) is 21.4. The van der Waals surface area contributed by atoms with Crippen molar-refractivity contribution in [1.82, 2.24) is 15.0 Å². The van der Waals surface area contributed by atoms with Crippen molar-refractivity contribution >= 4 is 16.0 Å². The maximum absolute atomic E-state index is 12.5. The molecule has 8 heteroatoms. The van der Waals surface area contributed by atoms with Crippen LogP contribution in [0.25, 0.3) is 0 Å². The number of nitrogens with one attached hydrogen (secondary N) is 2. The maximum Gasteiger partial charge on any atom is 0.310 e. The van der Waals surface area contributed by atoms with Gasteiger partial charge in [0, 0.05) is 25.4 Å². The number of ether oxygens (including phenoxy) is 1. The molecule has 1 saturated heterocycles. The van der Waals surface area contributed by atoms with Crippen LogP contribution in [-0.2, 0) is 27.7 Å². The van der Waals surface area contributed by atoms with Gasteiger partial charge in [-0.25, -0.2) is 13.1 Å². The first-order valence-electron chi connectivity index (χ1n) is 10.4. The minimum Gasteiger partial charge on any atom is -0.427 e. The van der Waals surface area contributed by atoms with Crippen molar-refractivity contribution < 1.29 is 17.9 Å². The van der Waals surface area contributed by atoms with E-state index in [-0.39, 0.29) is 18.9 Å². The molecule has 0 saturated carbocycles. The minimum absolute atomic E-state index is 0.288. The SMILES string of the molecule is CCC(=O)Oc1cc(CCNS(=O)(=O)C2CCCCN2)cc(Cc2cccnc2)c1. The molecule has 1 aliphatic heterocycles. The third kappa shape index (κ3) is 6.62. The molecule has 2 heterocycles. The molecule has 162 valence electrons. The van der Waals surface area contributed by atoms with E-state index in [1.165, 1.54) is 0 Å². The van der Waals surface area contributed by atoms with Crippen molar-refractivity contribution in [3.8, 4) is 5.75 Å². The second-order valence-corrected chi connectivity index (χ2v) is 9.43. The Morgan fingerprint density at radius 3 is 2.77 bits per heavy atom. The van der Waals surface area contributed by atoms with Crippen LogP contribution in [0, 0.1) is 0 Å². The minimum atomic E-state index is -3.40. The fourth-order valence-corrected chi connectivity index (χ4v) is 4.90. The fourth-order valence-electron chi connectivity index (χ4n) is 3.50. The van der Waals surface area contributed by atoms with Crippen LogP contribution in [0.2, 0.25) is 0 Å². The van der Waals surface area contributed by atoms with Gasteiger partial charge in [-0.1, -0.05) is 19.1 Å². The first-order chi connectivity index (χ1) is 14.5. The molecule has 7 nitrogen and oxygen atoms in total. The van der Waals surface area contributed by atoms with Gasteiger partial charge in [0.2, 0.25) is 10.0 Å². The van der Waals surface area contributed by atoms with Crippen LogP contribution < -0.4 is 14.8 Å². The lowest BCUT2D eigenvalue weighted by atomic mass is 10.0. The van der Waals surface area contributed by atoms with E-state index in [1.807, 2.05) is 24.3 Å². The van der Waals surface area contributed by atoms with E-state index in [0.717, 1.165) is 36.1 Å². The highest BCUT2D eigenvalue weighted by Gasteiger charge is 2.26. The number of carbonyl (C=O) groups is 1. The lowest BCUT2D eigenvalue weighted by Gasteiger charge is -2.23. The van der Waals surface area contributed by atoms with Gasteiger partial charge in [-0.2, -0.15) is 0 Å². The van der Waals surface area contributed by atoms with Crippen molar-refractivity contribution in [2.45, 2.75) is 50.8 Å². The third-order valence-electron chi connectivity index (χ3n) is 5.03. The molecule has 0 spiro atoms. The maximum atomic E-state index is 12.5. The van der Waals surface area contributed by atoms with Gasteiger partial charge in [0.15, 0.2) is 0 Å². The first-order valence-corrected chi connectivity index (χ1v) is 11.9. The Hall–Kier alpha value is -2.29. The summed E-state index contributed by atoms with van der Waals surface area (Å²) in [6.45, 7) is 2.77. The molecule has 1 aromatic carbocycles. The number of nitrogens with zero attached hydrogens (tertiary/aromatic N) is 1. The molecule has 1 fully saturated rings. The lowest BCUT2D eigenvalue weighted by molar-refractivity contribution is -0.134. The Kier molecular flexibility index (Phi) is 7.95. The number of benzene rings is 1. The highest BCUT2D eigenvalue weighted by atomic mass is 32.2. The highest BCUT2D eigenvalue weighted by molar-refractivity contribution is 7.90. The zero-order valence-corrected chi connectivity index (χ0v) is 18.1. The molecule has 0 bridgehead atoms. The topological polar surface area (TPSA) is 97.4 Å². The van der Waals surface area contributed by atoms with Gasteiger partial charge in [0.25, 0.3) is 0 Å². The second-order valence-electron chi connectivity index (χ2n) is 7.48. The van der Waals surface area contributed by atoms with E-state index in [9.17, 15) is 13.2 Å². The van der Waals surface area contributed by atoms with E-state index in [0.29, 0.717) is 25.0 Å². The van der Waals surface area contributed by atoms with E-state index in [4.69, 9.17) is 4.74 Å². The summed E-state index contributed by atoms with van der Waals surface area (Å²) in [6, 6.07) is 9.53. The number of hydrogen-bond acceptors (Lipinski definition) is 6. The first kappa shape index (κ1) is 22.4. The molecule has 2 aromatic rings. The van der Waals surface area contributed by atoms with Gasteiger partial charge in [0.1, 0.15) is 11.1 Å². The summed E-state index contributed by atoms with van der Waals surface area (Å²) in [5, 5.41) is 2.54. The Balaban J connectivity index is 1.69. The van der Waals surface area contributed by atoms with E-state index >= 15 is 0 Å². The Morgan fingerprint density at radius 2 is 2.07 bits per heavy atom. The van der Waals surface area contributed by atoms with Crippen molar-refractivity contribution in [2.75, 3.05) is 13.1 Å². The Bertz CT molecular complexity index is 942. The number of sulfonamides is 1. The van der Waals surface area contributed by atoms with Crippen LogP contribution in [0.15, 0.2) is 42.7 Å². The summed E-state index contributed by atoms with van der Waals surface area (Å²) in [4.78, 5) is 15.9. The average Bonchev–Trinajstić information content (AvgIpc) is 2.75. The van der Waals surface area contributed by atoms with E-state index in [2.05, 4.69) is 15.0 Å². The molecule has 0 radical (unpaired) electrons. The molecule has 1 atom stereocenters. The van der Waals surface area contributed by atoms with Crippen LogP contribution in [-0.4, -0.2) is 37.8 Å². The predicted octanol–water partition coefficient (Wildman–Crippen LogP) is 2.55. The standard InChI is InChI=1S/C22H29N3O4S/c1-2-22(26)29-20-14-17(12-19(15-20)13-18-6-5-9-23-16-18)8-11-25-30(27,28)21-7-3-4-10-24-21/h5-6,9,12,14-16,21,24-25H,2-4,7-8,10-11,13H2,1H3. The van der Waals surface area contributed by atoms with Crippen LogP contribution in [0.5, 0.6) is 5.75 Å². The molecule has 1 aliphatic rings. The van der Waals surface area contributed by atoms with Gasteiger partial charge in [-0.15, -0.1) is 0 Å². The number of aromatic nitrogens is 1. The number of carbonyl (C=O) groups excluding carboxylic acids is 1. The third-order valence-corrected chi connectivity index (χ3v) is 6.79. The van der Waals surface area contributed by atoms with Gasteiger partial charge >= 0.3 is 5.97 Å². The Morgan fingerprint density at radius 1 is 1.23 bits per heavy atom. The van der Waals surface area contributed by atoms with Crippen molar-refractivity contribution in [1.29, 1.82) is 0 Å². The second kappa shape index (κ2) is 10.7. The van der Waals surface area contributed by atoms with Gasteiger partial charge in [-0.3, -0.25) is 9.78 Å². The molecule has 2 N–H and O–H groups in total. The summed E-state index contributed by atoms with van der Waals surface area (Å²) in [5.74, 6) is 0.179. The molecule has 0 aliphatic carbocycles.